The number of para-hydroxylation sites is 1. The van der Waals surface area contributed by atoms with Crippen molar-refractivity contribution in [2.75, 3.05) is 0 Å². The van der Waals surface area contributed by atoms with Crippen molar-refractivity contribution >= 4 is 17.9 Å². The summed E-state index contributed by atoms with van der Waals surface area (Å²) < 4.78 is 15.1. The molecule has 0 radical (unpaired) electrons. The quantitative estimate of drug-likeness (QED) is 0.785. The second-order valence-corrected chi connectivity index (χ2v) is 5.64. The molecule has 100 valence electrons. The summed E-state index contributed by atoms with van der Waals surface area (Å²) in [6.07, 6.45) is 0.660. The Morgan fingerprint density at radius 1 is 1.32 bits per heavy atom. The second kappa shape index (κ2) is 4.78. The third-order valence-electron chi connectivity index (χ3n) is 2.77. The van der Waals surface area contributed by atoms with Crippen molar-refractivity contribution in [3.63, 3.8) is 0 Å². The van der Waals surface area contributed by atoms with E-state index in [4.69, 9.17) is 11.6 Å². The molecule has 3 nitrogen and oxygen atoms in total. The molecule has 1 aromatic heterocycles. The molecule has 2 rings (SSSR count). The second-order valence-electron chi connectivity index (χ2n) is 5.28. The van der Waals surface area contributed by atoms with Crippen molar-refractivity contribution in [1.29, 1.82) is 0 Å². The molecule has 0 aliphatic carbocycles. The van der Waals surface area contributed by atoms with E-state index in [1.54, 1.807) is 18.2 Å². The highest BCUT2D eigenvalue weighted by atomic mass is 35.5. The fourth-order valence-corrected chi connectivity index (χ4v) is 2.11. The number of aldehydes is 1. The summed E-state index contributed by atoms with van der Waals surface area (Å²) in [7, 11) is 0. The number of nitrogens with zero attached hydrogens (tertiary/aromatic N) is 2. The fourth-order valence-electron chi connectivity index (χ4n) is 1.85. The number of hydrogen-bond donors (Lipinski definition) is 0. The van der Waals surface area contributed by atoms with Crippen molar-refractivity contribution in [3.05, 3.63) is 46.5 Å². The van der Waals surface area contributed by atoms with Gasteiger partial charge in [-0.3, -0.25) is 4.79 Å². The topological polar surface area (TPSA) is 34.9 Å². The van der Waals surface area contributed by atoms with Gasteiger partial charge in [0.15, 0.2) is 6.29 Å². The average molecular weight is 281 g/mol. The molecule has 0 aliphatic heterocycles. The van der Waals surface area contributed by atoms with Crippen LogP contribution in [0.4, 0.5) is 4.39 Å². The van der Waals surface area contributed by atoms with Gasteiger partial charge < -0.3 is 0 Å². The molecule has 2 aromatic rings. The lowest BCUT2D eigenvalue weighted by Gasteiger charge is -2.15. The Morgan fingerprint density at radius 3 is 2.42 bits per heavy atom. The number of halogens is 2. The van der Waals surface area contributed by atoms with Gasteiger partial charge in [0.1, 0.15) is 16.7 Å². The Morgan fingerprint density at radius 2 is 1.95 bits per heavy atom. The lowest BCUT2D eigenvalue weighted by atomic mass is 9.90. The zero-order valence-corrected chi connectivity index (χ0v) is 11.7. The Kier molecular flexibility index (Phi) is 3.45. The van der Waals surface area contributed by atoms with Crippen molar-refractivity contribution in [1.82, 2.24) is 9.78 Å². The third-order valence-corrected chi connectivity index (χ3v) is 3.14. The Labute approximate surface area is 116 Å². The first-order chi connectivity index (χ1) is 8.86. The fraction of sp³-hybridized carbons (Fsp3) is 0.286. The highest BCUT2D eigenvalue weighted by molar-refractivity contribution is 6.32. The molecule has 0 amide bonds. The maximum Gasteiger partial charge on any atom is 0.155 e. The van der Waals surface area contributed by atoms with Crippen LogP contribution in [0, 0.1) is 5.82 Å². The lowest BCUT2D eigenvalue weighted by molar-refractivity contribution is 0.112. The van der Waals surface area contributed by atoms with Crippen LogP contribution >= 0.6 is 11.6 Å². The molecule has 5 heteroatoms. The smallest absolute Gasteiger partial charge is 0.155 e. The monoisotopic (exact) mass is 280 g/mol. The molecule has 0 fully saturated rings. The molecule has 0 atom stereocenters. The van der Waals surface area contributed by atoms with Gasteiger partial charge in [0, 0.05) is 5.41 Å². The molecular weight excluding hydrogens is 267 g/mol. The SMILES string of the molecule is CC(C)(C)c1nn(-c2ccccc2F)c(Cl)c1C=O. The van der Waals surface area contributed by atoms with Crippen LogP contribution < -0.4 is 0 Å². The number of aromatic nitrogens is 2. The van der Waals surface area contributed by atoms with Crippen molar-refractivity contribution in [3.8, 4) is 5.69 Å². The molecule has 1 aromatic carbocycles. The van der Waals surface area contributed by atoms with Crippen molar-refractivity contribution in [2.24, 2.45) is 0 Å². The molecule has 0 unspecified atom stereocenters. The van der Waals surface area contributed by atoms with Crippen LogP contribution in [-0.2, 0) is 5.41 Å². The molecule has 0 spiro atoms. The highest BCUT2D eigenvalue weighted by Gasteiger charge is 2.26. The van der Waals surface area contributed by atoms with E-state index < -0.39 is 5.82 Å². The van der Waals surface area contributed by atoms with Crippen LogP contribution in [0.25, 0.3) is 5.69 Å². The highest BCUT2D eigenvalue weighted by Crippen LogP contribution is 2.31. The van der Waals surface area contributed by atoms with Crippen molar-refractivity contribution in [2.45, 2.75) is 26.2 Å². The van der Waals surface area contributed by atoms with Crippen LogP contribution in [0.3, 0.4) is 0 Å². The third kappa shape index (κ3) is 2.40. The summed E-state index contributed by atoms with van der Waals surface area (Å²) in [5.74, 6) is -0.440. The van der Waals surface area contributed by atoms with Crippen LogP contribution in [0.5, 0.6) is 0 Å². The number of rotatable bonds is 2. The van der Waals surface area contributed by atoms with E-state index >= 15 is 0 Å². The predicted octanol–water partition coefficient (Wildman–Crippen LogP) is 3.77. The van der Waals surface area contributed by atoms with E-state index in [1.165, 1.54) is 10.7 Å². The number of hydrogen-bond acceptors (Lipinski definition) is 2. The summed E-state index contributed by atoms with van der Waals surface area (Å²) in [5, 5.41) is 4.43. The summed E-state index contributed by atoms with van der Waals surface area (Å²) >= 11 is 6.14. The first-order valence-electron chi connectivity index (χ1n) is 5.85. The number of carbonyl (C=O) groups excluding carboxylic acids is 1. The molecule has 0 saturated carbocycles. The first kappa shape index (κ1) is 13.7. The van der Waals surface area contributed by atoms with Gasteiger partial charge in [-0.05, 0) is 12.1 Å². The molecule has 0 aliphatic rings. The molecular formula is C14H14ClFN2O. The molecule has 0 bridgehead atoms. The standard InChI is InChI=1S/C14H14ClFN2O/c1-14(2,3)12-9(8-19)13(15)18(17-12)11-7-5-4-6-10(11)16/h4-8H,1-3H3. The van der Waals surface area contributed by atoms with Crippen LogP contribution in [0.1, 0.15) is 36.8 Å². The van der Waals surface area contributed by atoms with Crippen LogP contribution in [0.15, 0.2) is 24.3 Å². The number of carbonyl (C=O) groups is 1. The normalized spacial score (nSPS) is 11.6. The van der Waals surface area contributed by atoms with Gasteiger partial charge in [-0.25, -0.2) is 9.07 Å². The Balaban J connectivity index is 2.71. The molecule has 1 heterocycles. The maximum absolute atomic E-state index is 13.8. The number of benzene rings is 1. The summed E-state index contributed by atoms with van der Waals surface area (Å²) in [5.41, 5.74) is 0.732. The van der Waals surface area contributed by atoms with Crippen molar-refractivity contribution < 1.29 is 9.18 Å². The minimum Gasteiger partial charge on any atom is -0.298 e. The molecule has 0 N–H and O–H groups in total. The largest absolute Gasteiger partial charge is 0.298 e. The van der Waals surface area contributed by atoms with Gasteiger partial charge in [-0.1, -0.05) is 44.5 Å². The summed E-state index contributed by atoms with van der Waals surface area (Å²) in [4.78, 5) is 11.2. The summed E-state index contributed by atoms with van der Waals surface area (Å²) in [6, 6.07) is 6.16. The Hall–Kier alpha value is -1.68. The minimum atomic E-state index is -0.440. The lowest BCUT2D eigenvalue weighted by Crippen LogP contribution is -2.14. The van der Waals surface area contributed by atoms with E-state index in [-0.39, 0.29) is 16.3 Å². The van der Waals surface area contributed by atoms with E-state index in [1.807, 2.05) is 20.8 Å². The predicted molar refractivity (Wildman–Crippen MR) is 72.6 cm³/mol. The van der Waals surface area contributed by atoms with E-state index in [0.29, 0.717) is 17.5 Å². The van der Waals surface area contributed by atoms with Gasteiger partial charge in [-0.15, -0.1) is 0 Å². The molecule has 0 saturated heterocycles. The first-order valence-corrected chi connectivity index (χ1v) is 6.23. The zero-order chi connectivity index (χ0) is 14.2. The van der Waals surface area contributed by atoms with Gasteiger partial charge in [0.25, 0.3) is 0 Å². The van der Waals surface area contributed by atoms with E-state index in [9.17, 15) is 9.18 Å². The molecule has 19 heavy (non-hydrogen) atoms. The Bertz CT molecular complexity index is 629. The van der Waals surface area contributed by atoms with Gasteiger partial charge in [0.05, 0.1) is 11.3 Å². The average Bonchev–Trinajstić information content (AvgIpc) is 2.67. The van der Waals surface area contributed by atoms with Gasteiger partial charge in [0.2, 0.25) is 0 Å². The van der Waals surface area contributed by atoms with Gasteiger partial charge in [-0.2, -0.15) is 5.10 Å². The van der Waals surface area contributed by atoms with E-state index in [2.05, 4.69) is 5.10 Å². The van der Waals surface area contributed by atoms with Gasteiger partial charge >= 0.3 is 0 Å². The maximum atomic E-state index is 13.8. The zero-order valence-electron chi connectivity index (χ0n) is 10.9. The van der Waals surface area contributed by atoms with E-state index in [0.717, 1.165) is 0 Å². The van der Waals surface area contributed by atoms with Crippen LogP contribution in [0.2, 0.25) is 5.15 Å². The summed E-state index contributed by atoms with van der Waals surface area (Å²) in [6.45, 7) is 5.76. The minimum absolute atomic E-state index is 0.130. The van der Waals surface area contributed by atoms with Crippen LogP contribution in [-0.4, -0.2) is 16.1 Å².